The van der Waals surface area contributed by atoms with Crippen molar-refractivity contribution in [3.05, 3.63) is 32.2 Å². The smallest absolute Gasteiger partial charge is 0.263 e. The third kappa shape index (κ3) is 4.03. The topological polar surface area (TPSA) is 81.8 Å². The Hall–Kier alpha value is -2.13. The van der Waals surface area contributed by atoms with Crippen LogP contribution in [0.1, 0.15) is 73.3 Å². The molecule has 3 heterocycles. The van der Waals surface area contributed by atoms with Crippen LogP contribution < -0.4 is 10.9 Å². The lowest BCUT2D eigenvalue weighted by Gasteiger charge is -2.20. The lowest BCUT2D eigenvalue weighted by Crippen LogP contribution is -2.29. The third-order valence-corrected chi connectivity index (χ3v) is 9.34. The largest absolute Gasteiger partial charge is 0.322 e. The van der Waals surface area contributed by atoms with Crippen LogP contribution in [0.25, 0.3) is 10.2 Å². The molecule has 5 rings (SSSR count). The zero-order valence-corrected chi connectivity index (χ0v) is 21.4. The number of thioether (sulfide) groups is 1. The normalized spacial score (nSPS) is 17.5. The number of rotatable bonds is 5. The van der Waals surface area contributed by atoms with Gasteiger partial charge in [0.15, 0.2) is 5.16 Å². The highest BCUT2D eigenvalue weighted by Gasteiger charge is 2.29. The summed E-state index contributed by atoms with van der Waals surface area (Å²) in [6, 6.07) is 0.175. The van der Waals surface area contributed by atoms with E-state index >= 15 is 0 Å². The SMILES string of the molecule is Cc1nn(C)c(C)c1NC(=O)C(C)Sc1nc2sc3c(c2c(=O)n1C1CCCC1)CCCC3. The van der Waals surface area contributed by atoms with Crippen molar-refractivity contribution in [2.24, 2.45) is 7.05 Å². The van der Waals surface area contributed by atoms with Crippen molar-refractivity contribution in [1.82, 2.24) is 19.3 Å². The number of carbonyl (C=O) groups is 1. The van der Waals surface area contributed by atoms with E-state index < -0.39 is 5.25 Å². The Labute approximate surface area is 202 Å². The molecule has 7 nitrogen and oxygen atoms in total. The summed E-state index contributed by atoms with van der Waals surface area (Å²) in [5.74, 6) is -0.100. The predicted octanol–water partition coefficient (Wildman–Crippen LogP) is 4.92. The number of aromatic nitrogens is 4. The summed E-state index contributed by atoms with van der Waals surface area (Å²) < 4.78 is 3.69. The van der Waals surface area contributed by atoms with Gasteiger partial charge in [0.2, 0.25) is 5.91 Å². The summed E-state index contributed by atoms with van der Waals surface area (Å²) in [4.78, 5) is 34.1. The molecule has 1 unspecified atom stereocenters. The first-order valence-electron chi connectivity index (χ1n) is 11.9. The van der Waals surface area contributed by atoms with Gasteiger partial charge in [-0.3, -0.25) is 18.8 Å². The Kier molecular flexibility index (Phi) is 6.11. The molecule has 176 valence electrons. The van der Waals surface area contributed by atoms with Crippen LogP contribution in [0.15, 0.2) is 9.95 Å². The van der Waals surface area contributed by atoms with Crippen molar-refractivity contribution >= 4 is 44.9 Å². The number of hydrogen-bond donors (Lipinski definition) is 1. The van der Waals surface area contributed by atoms with E-state index in [9.17, 15) is 9.59 Å². The van der Waals surface area contributed by atoms with E-state index in [2.05, 4.69) is 10.4 Å². The van der Waals surface area contributed by atoms with E-state index in [4.69, 9.17) is 4.98 Å². The van der Waals surface area contributed by atoms with Gasteiger partial charge in [-0.1, -0.05) is 24.6 Å². The van der Waals surface area contributed by atoms with E-state index in [1.807, 2.05) is 32.4 Å². The van der Waals surface area contributed by atoms with Crippen LogP contribution in [0.2, 0.25) is 0 Å². The number of fused-ring (bicyclic) bond motifs is 3. The van der Waals surface area contributed by atoms with Crippen molar-refractivity contribution < 1.29 is 4.79 Å². The van der Waals surface area contributed by atoms with Crippen molar-refractivity contribution in [1.29, 1.82) is 0 Å². The molecule has 2 aliphatic carbocycles. The first-order chi connectivity index (χ1) is 15.8. The predicted molar refractivity (Wildman–Crippen MR) is 135 cm³/mol. The summed E-state index contributed by atoms with van der Waals surface area (Å²) >= 11 is 3.07. The van der Waals surface area contributed by atoms with Crippen LogP contribution in [-0.4, -0.2) is 30.5 Å². The summed E-state index contributed by atoms with van der Waals surface area (Å²) in [5.41, 5.74) is 3.81. The van der Waals surface area contributed by atoms with Gasteiger partial charge < -0.3 is 5.32 Å². The lowest BCUT2D eigenvalue weighted by atomic mass is 9.97. The number of anilines is 1. The Bertz CT molecular complexity index is 1280. The minimum atomic E-state index is -0.393. The van der Waals surface area contributed by atoms with Gasteiger partial charge in [-0.25, -0.2) is 4.98 Å². The van der Waals surface area contributed by atoms with Crippen LogP contribution in [0.4, 0.5) is 5.69 Å². The minimum Gasteiger partial charge on any atom is -0.322 e. The van der Waals surface area contributed by atoms with Gasteiger partial charge in [0, 0.05) is 18.0 Å². The molecule has 1 N–H and O–H groups in total. The van der Waals surface area contributed by atoms with Crippen LogP contribution >= 0.6 is 23.1 Å². The number of hydrogen-bond acceptors (Lipinski definition) is 6. The van der Waals surface area contributed by atoms with Gasteiger partial charge in [0.05, 0.1) is 27.7 Å². The summed E-state index contributed by atoms with van der Waals surface area (Å²) in [6.45, 7) is 5.72. The molecule has 3 aromatic rings. The van der Waals surface area contributed by atoms with Crippen molar-refractivity contribution in [3.63, 3.8) is 0 Å². The summed E-state index contributed by atoms with van der Waals surface area (Å²) in [7, 11) is 1.87. The average molecular weight is 486 g/mol. The number of carbonyl (C=O) groups excluding carboxylic acids is 1. The molecule has 1 fully saturated rings. The number of nitrogens with zero attached hydrogens (tertiary/aromatic N) is 4. The highest BCUT2D eigenvalue weighted by atomic mass is 32.2. The molecule has 1 saturated carbocycles. The van der Waals surface area contributed by atoms with E-state index in [1.54, 1.807) is 16.0 Å². The Morgan fingerprint density at radius 2 is 1.91 bits per heavy atom. The van der Waals surface area contributed by atoms with Gasteiger partial charge >= 0.3 is 0 Å². The third-order valence-electron chi connectivity index (χ3n) is 7.09. The molecule has 1 amide bonds. The van der Waals surface area contributed by atoms with E-state index in [0.29, 0.717) is 5.16 Å². The van der Waals surface area contributed by atoms with Crippen molar-refractivity contribution in [2.75, 3.05) is 5.32 Å². The second-order valence-corrected chi connectivity index (χ2v) is 11.7. The molecular formula is C24H31N5O2S2. The monoisotopic (exact) mass is 485 g/mol. The van der Waals surface area contributed by atoms with E-state index in [-0.39, 0.29) is 17.5 Å². The number of amides is 1. The minimum absolute atomic E-state index is 0.0976. The zero-order valence-electron chi connectivity index (χ0n) is 19.7. The van der Waals surface area contributed by atoms with Gasteiger partial charge in [-0.15, -0.1) is 11.3 Å². The zero-order chi connectivity index (χ0) is 23.3. The Balaban J connectivity index is 1.50. The fourth-order valence-corrected chi connectivity index (χ4v) is 7.44. The second kappa shape index (κ2) is 8.91. The Morgan fingerprint density at radius 1 is 1.18 bits per heavy atom. The fourth-order valence-electron chi connectivity index (χ4n) is 5.16. The average Bonchev–Trinajstić information content (AvgIpc) is 3.49. The summed E-state index contributed by atoms with van der Waals surface area (Å²) in [5, 5.41) is 8.56. The summed E-state index contributed by atoms with van der Waals surface area (Å²) in [6.07, 6.45) is 8.62. The standard InChI is InChI=1S/C24H31N5O2S2/c1-13-20(14(2)28(4)27-13)25-21(30)15(3)32-24-26-22-19(17-11-7-8-12-18(17)33-22)23(31)29(24)16-9-5-6-10-16/h15-16H,5-12H2,1-4H3,(H,25,30). The molecule has 0 aromatic carbocycles. The quantitative estimate of drug-likeness (QED) is 0.410. The maximum Gasteiger partial charge on any atom is 0.263 e. The molecule has 1 atom stereocenters. The van der Waals surface area contributed by atoms with Crippen LogP contribution in [-0.2, 0) is 24.7 Å². The first-order valence-corrected chi connectivity index (χ1v) is 13.6. The molecule has 0 aliphatic heterocycles. The molecule has 0 bridgehead atoms. The Morgan fingerprint density at radius 3 is 2.61 bits per heavy atom. The fraction of sp³-hybridized carbons (Fsp3) is 0.583. The van der Waals surface area contributed by atoms with Gasteiger partial charge in [0.25, 0.3) is 5.56 Å². The second-order valence-electron chi connectivity index (χ2n) is 9.32. The molecular weight excluding hydrogens is 454 g/mol. The maximum atomic E-state index is 13.8. The molecule has 9 heteroatoms. The van der Waals surface area contributed by atoms with Crippen LogP contribution in [0.3, 0.4) is 0 Å². The molecule has 0 radical (unpaired) electrons. The highest BCUT2D eigenvalue weighted by molar-refractivity contribution is 8.00. The molecule has 2 aliphatic rings. The number of aryl methyl sites for hydroxylation is 4. The first kappa shape index (κ1) is 22.7. The van der Waals surface area contributed by atoms with E-state index in [0.717, 1.165) is 72.2 Å². The van der Waals surface area contributed by atoms with Crippen LogP contribution in [0, 0.1) is 13.8 Å². The molecule has 3 aromatic heterocycles. The highest BCUT2D eigenvalue weighted by Crippen LogP contribution is 2.38. The van der Waals surface area contributed by atoms with Gasteiger partial charge in [0.1, 0.15) is 4.83 Å². The van der Waals surface area contributed by atoms with Crippen LogP contribution in [0.5, 0.6) is 0 Å². The number of thiophene rings is 1. The molecule has 0 spiro atoms. The van der Waals surface area contributed by atoms with E-state index in [1.165, 1.54) is 28.6 Å². The van der Waals surface area contributed by atoms with Gasteiger partial charge in [-0.2, -0.15) is 5.10 Å². The van der Waals surface area contributed by atoms with Crippen molar-refractivity contribution in [2.45, 2.75) is 88.6 Å². The molecule has 33 heavy (non-hydrogen) atoms. The molecule has 0 saturated heterocycles. The maximum absolute atomic E-state index is 13.8. The van der Waals surface area contributed by atoms with Gasteiger partial charge in [-0.05, 0) is 64.9 Å². The van der Waals surface area contributed by atoms with Crippen molar-refractivity contribution in [3.8, 4) is 0 Å². The lowest BCUT2D eigenvalue weighted by molar-refractivity contribution is -0.115. The number of nitrogens with one attached hydrogen (secondary N) is 1.